The maximum Gasteiger partial charge on any atom is 0.251 e. The summed E-state index contributed by atoms with van der Waals surface area (Å²) in [5, 5.41) is 9.47. The van der Waals surface area contributed by atoms with Gasteiger partial charge >= 0.3 is 0 Å². The third kappa shape index (κ3) is 6.27. The highest BCUT2D eigenvalue weighted by Crippen LogP contribution is 2.29. The van der Waals surface area contributed by atoms with Crippen LogP contribution in [-0.4, -0.2) is 74.4 Å². The summed E-state index contributed by atoms with van der Waals surface area (Å²) in [5.74, 6) is 0.432. The van der Waals surface area contributed by atoms with Gasteiger partial charge in [0.05, 0.1) is 16.8 Å². The van der Waals surface area contributed by atoms with Crippen LogP contribution in [0.15, 0.2) is 49.2 Å². The molecule has 0 spiro atoms. The number of aromatic nitrogens is 5. The molecule has 1 fully saturated rings. The molecule has 1 aliphatic heterocycles. The van der Waals surface area contributed by atoms with Crippen LogP contribution in [0.4, 0.5) is 16.2 Å². The van der Waals surface area contributed by atoms with Crippen molar-refractivity contribution in [3.8, 4) is 11.3 Å². The molecule has 42 heavy (non-hydrogen) atoms. The molecule has 1 atom stereocenters. The number of piperidine rings is 1. The van der Waals surface area contributed by atoms with Crippen molar-refractivity contribution < 1.29 is 14.0 Å². The van der Waals surface area contributed by atoms with Gasteiger partial charge < -0.3 is 20.9 Å². The van der Waals surface area contributed by atoms with Gasteiger partial charge in [0.25, 0.3) is 5.91 Å². The van der Waals surface area contributed by atoms with Crippen LogP contribution in [0.1, 0.15) is 54.9 Å². The molecule has 0 bridgehead atoms. The van der Waals surface area contributed by atoms with E-state index in [9.17, 15) is 14.0 Å². The minimum Gasteiger partial charge on any atom is -0.369 e. The van der Waals surface area contributed by atoms with Crippen molar-refractivity contribution in [2.75, 3.05) is 37.3 Å². The van der Waals surface area contributed by atoms with E-state index in [0.29, 0.717) is 35.9 Å². The van der Waals surface area contributed by atoms with Crippen LogP contribution in [0.2, 0.25) is 0 Å². The van der Waals surface area contributed by atoms with E-state index in [4.69, 9.17) is 0 Å². The number of carbonyl (C=O) groups is 2. The number of pyridine rings is 1. The molecular formula is C30H34FN9O2. The molecule has 1 aliphatic rings. The summed E-state index contributed by atoms with van der Waals surface area (Å²) in [6, 6.07) is 6.64. The van der Waals surface area contributed by atoms with Gasteiger partial charge in [-0.2, -0.15) is 0 Å². The highest BCUT2D eigenvalue weighted by atomic mass is 19.1. The van der Waals surface area contributed by atoms with Gasteiger partial charge in [-0.3, -0.25) is 14.6 Å². The zero-order valence-electron chi connectivity index (χ0n) is 23.9. The van der Waals surface area contributed by atoms with Gasteiger partial charge in [0.1, 0.15) is 18.0 Å². The van der Waals surface area contributed by atoms with Gasteiger partial charge in [-0.1, -0.05) is 19.9 Å². The first-order chi connectivity index (χ1) is 20.4. The fourth-order valence-electron chi connectivity index (χ4n) is 5.16. The number of benzene rings is 1. The Hall–Kier alpha value is -4.74. The number of carbonyl (C=O) groups excluding carboxylic acids is 2. The molecule has 0 unspecified atom stereocenters. The Bertz CT molecular complexity index is 1570. The molecule has 1 saturated heterocycles. The lowest BCUT2D eigenvalue weighted by molar-refractivity contribution is -0.131. The number of nitrogens with one attached hydrogen (secondary N) is 3. The Morgan fingerprint density at radius 3 is 2.55 bits per heavy atom. The highest BCUT2D eigenvalue weighted by molar-refractivity contribution is 6.06. The number of rotatable bonds is 9. The molecule has 0 saturated carbocycles. The number of nitrogens with zero attached hydrogens (tertiary/aromatic N) is 6. The summed E-state index contributed by atoms with van der Waals surface area (Å²) in [6.45, 7) is 5.86. The van der Waals surface area contributed by atoms with E-state index in [2.05, 4.69) is 40.9 Å². The Morgan fingerprint density at radius 1 is 1.07 bits per heavy atom. The second-order valence-corrected chi connectivity index (χ2v) is 10.3. The average molecular weight is 572 g/mol. The van der Waals surface area contributed by atoms with E-state index < -0.39 is 5.82 Å². The topological polar surface area (TPSA) is 138 Å². The molecule has 5 rings (SSSR count). The van der Waals surface area contributed by atoms with Crippen LogP contribution in [-0.2, 0) is 4.79 Å². The van der Waals surface area contributed by atoms with Crippen LogP contribution in [0, 0.1) is 5.82 Å². The monoisotopic (exact) mass is 571 g/mol. The smallest absolute Gasteiger partial charge is 0.251 e. The van der Waals surface area contributed by atoms with Gasteiger partial charge in [-0.05, 0) is 30.5 Å². The second-order valence-electron chi connectivity index (χ2n) is 10.3. The quantitative estimate of drug-likeness (QED) is 0.272. The highest BCUT2D eigenvalue weighted by Gasteiger charge is 2.22. The molecule has 4 aromatic rings. The maximum atomic E-state index is 14.8. The van der Waals surface area contributed by atoms with Crippen molar-refractivity contribution in [3.05, 3.63) is 66.1 Å². The summed E-state index contributed by atoms with van der Waals surface area (Å²) in [6.07, 6.45) is 8.69. The predicted molar refractivity (Wildman–Crippen MR) is 159 cm³/mol. The van der Waals surface area contributed by atoms with Crippen LogP contribution >= 0.6 is 0 Å². The first-order valence-corrected chi connectivity index (χ1v) is 14.1. The number of anilines is 2. The second kappa shape index (κ2) is 12.8. The van der Waals surface area contributed by atoms with E-state index in [1.807, 2.05) is 24.8 Å². The lowest BCUT2D eigenvalue weighted by atomic mass is 9.95. The summed E-state index contributed by atoms with van der Waals surface area (Å²) in [7, 11) is 1.51. The van der Waals surface area contributed by atoms with E-state index in [1.54, 1.807) is 18.5 Å². The lowest BCUT2D eigenvalue weighted by Gasteiger charge is -2.32. The van der Waals surface area contributed by atoms with E-state index in [0.717, 1.165) is 37.1 Å². The molecule has 218 valence electrons. The largest absolute Gasteiger partial charge is 0.369 e. The lowest BCUT2D eigenvalue weighted by Crippen LogP contribution is -2.42. The Kier molecular flexibility index (Phi) is 8.80. The fraction of sp³-hybridized carbons (Fsp3) is 0.367. The van der Waals surface area contributed by atoms with Crippen LogP contribution in [0.3, 0.4) is 0 Å². The normalized spacial score (nSPS) is 14.4. The number of hydrogen-bond donors (Lipinski definition) is 3. The molecule has 3 N–H and O–H groups in total. The summed E-state index contributed by atoms with van der Waals surface area (Å²) in [5.41, 5.74) is 2.94. The minimum absolute atomic E-state index is 0.0698. The summed E-state index contributed by atoms with van der Waals surface area (Å²) in [4.78, 5) is 48.2. The zero-order chi connectivity index (χ0) is 29.6. The molecule has 2 amide bonds. The fourth-order valence-corrected chi connectivity index (χ4v) is 5.16. The number of hydrogen-bond acceptors (Lipinski definition) is 9. The average Bonchev–Trinajstić information content (AvgIpc) is 3.03. The van der Waals surface area contributed by atoms with Crippen molar-refractivity contribution >= 4 is 34.5 Å². The number of fused-ring (bicyclic) bond motifs is 1. The van der Waals surface area contributed by atoms with Gasteiger partial charge in [0, 0.05) is 80.7 Å². The Labute approximate surface area is 243 Å². The minimum atomic E-state index is -0.488. The van der Waals surface area contributed by atoms with Crippen LogP contribution in [0.25, 0.3) is 22.2 Å². The van der Waals surface area contributed by atoms with E-state index in [1.165, 1.54) is 31.7 Å². The molecule has 4 heterocycles. The van der Waals surface area contributed by atoms with E-state index >= 15 is 0 Å². The third-order valence-corrected chi connectivity index (χ3v) is 7.56. The van der Waals surface area contributed by atoms with Gasteiger partial charge in [-0.25, -0.2) is 24.3 Å². The standard InChI is InChI=1S/C30H34FN9O2/c1-4-26(41)40-11-8-20(9-12-40)39-30-35-15-19(16-36-30)24-13-25(38-17-37-24)34-14-18(2)21-5-6-23(31)27-22(29(42)32-3)7-10-33-28(21)27/h5-7,10,13,15-18,20H,4,8-9,11-12,14H2,1-3H3,(H,32,42)(H,34,37,38)(H,35,36,39)/t18-/m1/s1. The molecule has 0 aliphatic carbocycles. The number of amides is 2. The molecule has 11 nitrogen and oxygen atoms in total. The predicted octanol–water partition coefficient (Wildman–Crippen LogP) is 4.01. The van der Waals surface area contributed by atoms with Gasteiger partial charge in [0.2, 0.25) is 11.9 Å². The van der Waals surface area contributed by atoms with Crippen LogP contribution in [0.5, 0.6) is 0 Å². The summed E-state index contributed by atoms with van der Waals surface area (Å²) < 4.78 is 14.8. The number of likely N-dealkylation sites (tertiary alicyclic amines) is 1. The maximum absolute atomic E-state index is 14.8. The molecule has 3 aromatic heterocycles. The van der Waals surface area contributed by atoms with Crippen molar-refractivity contribution in [1.82, 2.24) is 35.1 Å². The zero-order valence-corrected chi connectivity index (χ0v) is 23.9. The SMILES string of the molecule is CCC(=O)N1CCC(Nc2ncc(-c3cc(NC[C@@H](C)c4ccc(F)c5c(C(=O)NC)ccnc45)ncn3)cn2)CC1. The first kappa shape index (κ1) is 28.8. The van der Waals surface area contributed by atoms with Crippen molar-refractivity contribution in [3.63, 3.8) is 0 Å². The number of halogens is 1. The molecule has 1 aromatic carbocycles. The van der Waals surface area contributed by atoms with Crippen molar-refractivity contribution in [1.29, 1.82) is 0 Å². The van der Waals surface area contributed by atoms with Gasteiger partial charge in [-0.15, -0.1) is 0 Å². The van der Waals surface area contributed by atoms with Crippen molar-refractivity contribution in [2.24, 2.45) is 0 Å². The Balaban J connectivity index is 1.23. The third-order valence-electron chi connectivity index (χ3n) is 7.56. The van der Waals surface area contributed by atoms with Crippen molar-refractivity contribution in [2.45, 2.75) is 45.1 Å². The summed E-state index contributed by atoms with van der Waals surface area (Å²) >= 11 is 0. The molecule has 0 radical (unpaired) electrons. The first-order valence-electron chi connectivity index (χ1n) is 14.1. The van der Waals surface area contributed by atoms with Crippen LogP contribution < -0.4 is 16.0 Å². The molecular weight excluding hydrogens is 537 g/mol. The van der Waals surface area contributed by atoms with Gasteiger partial charge in [0.15, 0.2) is 0 Å². The Morgan fingerprint density at radius 2 is 1.83 bits per heavy atom. The molecule has 12 heteroatoms. The van der Waals surface area contributed by atoms with E-state index in [-0.39, 0.29) is 34.7 Å².